The van der Waals surface area contributed by atoms with Gasteiger partial charge in [0.2, 0.25) is 0 Å². The number of thioether (sulfide) groups is 1. The predicted octanol–water partition coefficient (Wildman–Crippen LogP) is -0.477. The summed E-state index contributed by atoms with van der Waals surface area (Å²) in [5.41, 5.74) is 5.13. The van der Waals surface area contributed by atoms with Gasteiger partial charge in [-0.1, -0.05) is 11.8 Å². The Morgan fingerprint density at radius 3 is 2.21 bits per heavy atom. The molecule has 7 heteroatoms. The predicted molar refractivity (Wildman–Crippen MR) is 49.9 cm³/mol. The van der Waals surface area contributed by atoms with Gasteiger partial charge in [-0.25, -0.2) is 0 Å². The van der Waals surface area contributed by atoms with Crippen molar-refractivity contribution in [2.45, 2.75) is 18.9 Å². The Morgan fingerprint density at radius 1 is 1.21 bits per heavy atom. The van der Waals surface area contributed by atoms with Crippen LogP contribution in [0.4, 0.5) is 0 Å². The van der Waals surface area contributed by atoms with Crippen LogP contribution in [-0.4, -0.2) is 39.1 Å². The van der Waals surface area contributed by atoms with Crippen molar-refractivity contribution in [3.63, 3.8) is 0 Å². The van der Waals surface area contributed by atoms with E-state index in [1.54, 1.807) is 0 Å². The van der Waals surface area contributed by atoms with Crippen LogP contribution >= 0.6 is 11.8 Å². The highest BCUT2D eigenvalue weighted by Crippen LogP contribution is 2.08. The average Bonchev–Trinajstić information content (AvgIpc) is 2.10. The Labute approximate surface area is 84.5 Å². The van der Waals surface area contributed by atoms with Crippen LogP contribution < -0.4 is 5.73 Å². The van der Waals surface area contributed by atoms with Crippen LogP contribution in [0.1, 0.15) is 12.8 Å². The molecule has 80 valence electrons. The van der Waals surface area contributed by atoms with Gasteiger partial charge >= 0.3 is 11.9 Å². The summed E-state index contributed by atoms with van der Waals surface area (Å²) in [6.45, 7) is 0. The molecule has 1 unspecified atom stereocenters. The van der Waals surface area contributed by atoms with E-state index in [4.69, 9.17) is 15.9 Å². The number of carboxylic acids is 2. The van der Waals surface area contributed by atoms with Gasteiger partial charge in [0.25, 0.3) is 0 Å². The van der Waals surface area contributed by atoms with Gasteiger partial charge in [0, 0.05) is 12.2 Å². The van der Waals surface area contributed by atoms with Crippen LogP contribution in [0.15, 0.2) is 0 Å². The first-order valence-corrected chi connectivity index (χ1v) is 4.78. The van der Waals surface area contributed by atoms with Crippen molar-refractivity contribution < 1.29 is 24.6 Å². The van der Waals surface area contributed by atoms with Gasteiger partial charge in [-0.15, -0.1) is 0 Å². The molecule has 0 amide bonds. The fraction of sp³-hybridized carbons (Fsp3) is 0.571. The lowest BCUT2D eigenvalue weighted by molar-refractivity contribution is -0.138. The fourth-order valence-corrected chi connectivity index (χ4v) is 1.29. The second-order valence-corrected chi connectivity index (χ2v) is 3.60. The van der Waals surface area contributed by atoms with Gasteiger partial charge < -0.3 is 15.9 Å². The number of hydrogen-bond donors (Lipinski definition) is 3. The topological polar surface area (TPSA) is 118 Å². The first kappa shape index (κ1) is 12.9. The Hall–Kier alpha value is -1.08. The highest BCUT2D eigenvalue weighted by molar-refractivity contribution is 8.13. The first-order valence-electron chi connectivity index (χ1n) is 3.79. The third-order valence-electron chi connectivity index (χ3n) is 1.28. The van der Waals surface area contributed by atoms with Crippen molar-refractivity contribution >= 4 is 28.8 Å². The van der Waals surface area contributed by atoms with Gasteiger partial charge in [-0.2, -0.15) is 0 Å². The van der Waals surface area contributed by atoms with Crippen molar-refractivity contribution in [3.8, 4) is 0 Å². The second-order valence-electron chi connectivity index (χ2n) is 2.52. The van der Waals surface area contributed by atoms with Crippen molar-refractivity contribution in [2.75, 3.05) is 5.75 Å². The summed E-state index contributed by atoms with van der Waals surface area (Å²) >= 11 is 0.747. The van der Waals surface area contributed by atoms with E-state index >= 15 is 0 Å². The highest BCUT2D eigenvalue weighted by atomic mass is 32.2. The van der Waals surface area contributed by atoms with Gasteiger partial charge in [0.1, 0.15) is 6.04 Å². The molecule has 0 saturated heterocycles. The van der Waals surface area contributed by atoms with Crippen LogP contribution in [0.5, 0.6) is 0 Å². The zero-order valence-corrected chi connectivity index (χ0v) is 8.12. The summed E-state index contributed by atoms with van der Waals surface area (Å²) in [5, 5.41) is 16.3. The fourth-order valence-electron chi connectivity index (χ4n) is 0.535. The molecule has 4 N–H and O–H groups in total. The number of carbonyl (C=O) groups is 3. The van der Waals surface area contributed by atoms with Crippen molar-refractivity contribution in [2.24, 2.45) is 5.73 Å². The molecule has 0 aromatic carbocycles. The molecule has 14 heavy (non-hydrogen) atoms. The zero-order chi connectivity index (χ0) is 11.1. The lowest BCUT2D eigenvalue weighted by Crippen LogP contribution is -2.32. The monoisotopic (exact) mass is 221 g/mol. The molecule has 1 atom stereocenters. The van der Waals surface area contributed by atoms with Crippen molar-refractivity contribution in [1.29, 1.82) is 0 Å². The quantitative estimate of drug-likeness (QED) is 0.554. The summed E-state index contributed by atoms with van der Waals surface area (Å²) < 4.78 is 0. The molecule has 6 nitrogen and oxygen atoms in total. The van der Waals surface area contributed by atoms with Crippen molar-refractivity contribution in [1.82, 2.24) is 0 Å². The van der Waals surface area contributed by atoms with E-state index in [1.165, 1.54) is 0 Å². The smallest absolute Gasteiger partial charge is 0.321 e. The summed E-state index contributed by atoms with van der Waals surface area (Å²) in [4.78, 5) is 31.2. The maximum Gasteiger partial charge on any atom is 0.321 e. The zero-order valence-electron chi connectivity index (χ0n) is 7.30. The van der Waals surface area contributed by atoms with Crippen LogP contribution in [0.3, 0.4) is 0 Å². The molecule has 0 heterocycles. The standard InChI is InChI=1S/C7H11NO5S/c8-4(7(12)13)3-14-6(11)2-1-5(9)10/h4H,1-3,8H2,(H,9,10)(H,12,13). The van der Waals surface area contributed by atoms with E-state index in [1.807, 2.05) is 0 Å². The maximum atomic E-state index is 10.9. The molecule has 0 bridgehead atoms. The first-order chi connectivity index (χ1) is 6.43. The van der Waals surface area contributed by atoms with Crippen LogP contribution in [-0.2, 0) is 14.4 Å². The SMILES string of the molecule is NC(CSC(=O)CCC(=O)O)C(=O)O. The molecular formula is C7H11NO5S. The van der Waals surface area contributed by atoms with E-state index in [-0.39, 0.29) is 23.7 Å². The molecule has 0 rings (SSSR count). The van der Waals surface area contributed by atoms with Crippen LogP contribution in [0, 0.1) is 0 Å². The van der Waals surface area contributed by atoms with Gasteiger partial charge in [0.15, 0.2) is 5.12 Å². The van der Waals surface area contributed by atoms with E-state index in [0.717, 1.165) is 11.8 Å². The number of carboxylic acid groups (broad SMARTS) is 2. The average molecular weight is 221 g/mol. The minimum Gasteiger partial charge on any atom is -0.481 e. The molecular weight excluding hydrogens is 210 g/mol. The minimum atomic E-state index is -1.18. The van der Waals surface area contributed by atoms with Gasteiger partial charge in [-0.3, -0.25) is 14.4 Å². The summed E-state index contributed by atoms with van der Waals surface area (Å²) in [5.74, 6) is -2.27. The van der Waals surface area contributed by atoms with E-state index in [2.05, 4.69) is 0 Å². The molecule has 0 aliphatic rings. The Morgan fingerprint density at radius 2 is 1.79 bits per heavy atom. The third kappa shape index (κ3) is 6.44. The third-order valence-corrected chi connectivity index (χ3v) is 2.34. The lowest BCUT2D eigenvalue weighted by Gasteiger charge is -2.03. The Balaban J connectivity index is 3.64. The molecule has 0 aliphatic heterocycles. The maximum absolute atomic E-state index is 10.9. The molecule has 0 saturated carbocycles. The van der Waals surface area contributed by atoms with Crippen LogP contribution in [0.25, 0.3) is 0 Å². The number of carbonyl (C=O) groups excluding carboxylic acids is 1. The number of hydrogen-bond acceptors (Lipinski definition) is 5. The van der Waals surface area contributed by atoms with Gasteiger partial charge in [0.05, 0.1) is 6.42 Å². The van der Waals surface area contributed by atoms with Crippen LogP contribution in [0.2, 0.25) is 0 Å². The summed E-state index contributed by atoms with van der Waals surface area (Å²) in [7, 11) is 0. The largest absolute Gasteiger partial charge is 0.481 e. The molecule has 0 spiro atoms. The molecule has 0 radical (unpaired) electrons. The molecule has 0 fully saturated rings. The Kier molecular flexibility index (Phi) is 5.89. The summed E-state index contributed by atoms with van der Waals surface area (Å²) in [6, 6.07) is -1.09. The van der Waals surface area contributed by atoms with E-state index in [9.17, 15) is 14.4 Å². The van der Waals surface area contributed by atoms with Crippen molar-refractivity contribution in [3.05, 3.63) is 0 Å². The summed E-state index contributed by atoms with van der Waals surface area (Å²) in [6.07, 6.45) is -0.347. The number of nitrogens with two attached hydrogens (primary N) is 1. The van der Waals surface area contributed by atoms with Gasteiger partial charge in [-0.05, 0) is 0 Å². The lowest BCUT2D eigenvalue weighted by atomic mass is 10.3. The molecule has 0 aromatic heterocycles. The highest BCUT2D eigenvalue weighted by Gasteiger charge is 2.14. The Bertz CT molecular complexity index is 242. The normalized spacial score (nSPS) is 12.1. The van der Waals surface area contributed by atoms with E-state index in [0.29, 0.717) is 0 Å². The minimum absolute atomic E-state index is 0.0339. The van der Waals surface area contributed by atoms with E-state index < -0.39 is 18.0 Å². The second kappa shape index (κ2) is 6.39. The molecule has 0 aromatic rings. The molecule has 0 aliphatic carbocycles. The number of aliphatic carboxylic acids is 2. The number of rotatable bonds is 6.